The van der Waals surface area contributed by atoms with E-state index in [4.69, 9.17) is 16.3 Å². The summed E-state index contributed by atoms with van der Waals surface area (Å²) in [6, 6.07) is 15.1. The minimum atomic E-state index is -0.295. The zero-order valence-corrected chi connectivity index (χ0v) is 17.1. The molecule has 0 radical (unpaired) electrons. The molecule has 29 heavy (non-hydrogen) atoms. The summed E-state index contributed by atoms with van der Waals surface area (Å²) in [5.41, 5.74) is 1.80. The first-order valence-corrected chi connectivity index (χ1v) is 10.2. The van der Waals surface area contributed by atoms with Crippen LogP contribution in [0.1, 0.15) is 6.42 Å². The molecule has 0 aliphatic carbocycles. The number of carbonyl (C=O) groups is 2. The van der Waals surface area contributed by atoms with Crippen LogP contribution >= 0.6 is 11.6 Å². The van der Waals surface area contributed by atoms with Crippen molar-refractivity contribution in [3.05, 3.63) is 53.6 Å². The second kappa shape index (κ2) is 8.33. The van der Waals surface area contributed by atoms with Gasteiger partial charge in [0.25, 0.3) is 0 Å². The minimum Gasteiger partial charge on any atom is -0.497 e. The highest BCUT2D eigenvalue weighted by molar-refractivity contribution is 6.33. The molecule has 0 spiro atoms. The third kappa shape index (κ3) is 4.03. The van der Waals surface area contributed by atoms with E-state index in [0.717, 1.165) is 35.2 Å². The number of rotatable bonds is 4. The summed E-state index contributed by atoms with van der Waals surface area (Å²) in [4.78, 5) is 31.3. The minimum absolute atomic E-state index is 0.0109. The van der Waals surface area contributed by atoms with Crippen molar-refractivity contribution < 1.29 is 14.3 Å². The van der Waals surface area contributed by atoms with Crippen LogP contribution in [-0.4, -0.2) is 56.5 Å². The lowest BCUT2D eigenvalue weighted by atomic mass is 10.1. The Morgan fingerprint density at radius 2 is 1.72 bits per heavy atom. The summed E-state index contributed by atoms with van der Waals surface area (Å²) < 4.78 is 5.17. The van der Waals surface area contributed by atoms with Crippen LogP contribution in [-0.2, 0) is 9.59 Å². The molecule has 0 aromatic heterocycles. The summed E-state index contributed by atoms with van der Waals surface area (Å²) in [6.45, 7) is 3.17. The number of halogens is 1. The van der Waals surface area contributed by atoms with Gasteiger partial charge in [-0.3, -0.25) is 9.59 Å². The second-order valence-electron chi connectivity index (χ2n) is 7.37. The Hall–Kier alpha value is -2.73. The Kier molecular flexibility index (Phi) is 5.62. The van der Waals surface area contributed by atoms with Gasteiger partial charge in [-0.1, -0.05) is 23.7 Å². The second-order valence-corrected chi connectivity index (χ2v) is 7.77. The lowest BCUT2D eigenvalue weighted by molar-refractivity contribution is -0.136. The molecule has 2 heterocycles. The van der Waals surface area contributed by atoms with Gasteiger partial charge in [0.05, 0.1) is 23.7 Å². The normalized spacial score (nSPS) is 19.6. The van der Waals surface area contributed by atoms with E-state index in [9.17, 15) is 9.59 Å². The van der Waals surface area contributed by atoms with Gasteiger partial charge in [-0.25, -0.2) is 0 Å². The topological polar surface area (TPSA) is 53.1 Å². The highest BCUT2D eigenvalue weighted by atomic mass is 35.5. The molecule has 2 saturated heterocycles. The average molecular weight is 414 g/mol. The average Bonchev–Trinajstić information content (AvgIpc) is 3.15. The van der Waals surface area contributed by atoms with Crippen molar-refractivity contribution in [2.45, 2.75) is 6.42 Å². The van der Waals surface area contributed by atoms with Crippen LogP contribution in [0.2, 0.25) is 5.02 Å². The van der Waals surface area contributed by atoms with Gasteiger partial charge < -0.3 is 19.4 Å². The number of piperazine rings is 1. The van der Waals surface area contributed by atoms with E-state index in [1.54, 1.807) is 12.0 Å². The molecule has 0 N–H and O–H groups in total. The molecular formula is C22H24ClN3O3. The monoisotopic (exact) mass is 413 g/mol. The predicted molar refractivity (Wildman–Crippen MR) is 114 cm³/mol. The van der Waals surface area contributed by atoms with E-state index in [2.05, 4.69) is 4.90 Å². The molecule has 0 unspecified atom stereocenters. The Balaban J connectivity index is 1.37. The van der Waals surface area contributed by atoms with Crippen molar-refractivity contribution in [1.29, 1.82) is 0 Å². The number of anilines is 2. The number of amides is 2. The highest BCUT2D eigenvalue weighted by Crippen LogP contribution is 2.29. The molecule has 7 heteroatoms. The molecule has 0 saturated carbocycles. The first kappa shape index (κ1) is 19.6. The molecular weight excluding hydrogens is 390 g/mol. The Bertz CT molecular complexity index is 894. The van der Waals surface area contributed by atoms with Crippen LogP contribution in [0, 0.1) is 5.92 Å². The number of nitrogens with zero attached hydrogens (tertiary/aromatic N) is 3. The van der Waals surface area contributed by atoms with Crippen molar-refractivity contribution in [2.24, 2.45) is 5.92 Å². The van der Waals surface area contributed by atoms with Gasteiger partial charge in [-0.05, 0) is 36.4 Å². The van der Waals surface area contributed by atoms with Gasteiger partial charge in [0.15, 0.2) is 0 Å². The van der Waals surface area contributed by atoms with E-state index in [-0.39, 0.29) is 24.2 Å². The number of carbonyl (C=O) groups excluding carboxylic acids is 2. The van der Waals surface area contributed by atoms with Gasteiger partial charge >= 0.3 is 0 Å². The lowest BCUT2D eigenvalue weighted by Crippen LogP contribution is -2.50. The maximum atomic E-state index is 13.0. The van der Waals surface area contributed by atoms with Gasteiger partial charge in [0.2, 0.25) is 11.8 Å². The van der Waals surface area contributed by atoms with Crippen LogP contribution in [0.15, 0.2) is 48.5 Å². The third-order valence-corrected chi connectivity index (χ3v) is 5.96. The summed E-state index contributed by atoms with van der Waals surface area (Å²) in [7, 11) is 1.61. The smallest absolute Gasteiger partial charge is 0.228 e. The van der Waals surface area contributed by atoms with Crippen LogP contribution in [0.25, 0.3) is 0 Å². The van der Waals surface area contributed by atoms with Crippen LogP contribution < -0.4 is 14.5 Å². The number of hydrogen-bond acceptors (Lipinski definition) is 4. The fourth-order valence-electron chi connectivity index (χ4n) is 4.02. The molecule has 2 aromatic rings. The molecule has 4 rings (SSSR count). The zero-order chi connectivity index (χ0) is 20.4. The Labute approximate surface area is 175 Å². The number of methoxy groups -OCH3 is 1. The quantitative estimate of drug-likeness (QED) is 0.773. The summed E-state index contributed by atoms with van der Waals surface area (Å²) in [5, 5.41) is 0.726. The maximum Gasteiger partial charge on any atom is 0.228 e. The Morgan fingerprint density at radius 1 is 1.03 bits per heavy atom. The van der Waals surface area contributed by atoms with Crippen molar-refractivity contribution in [1.82, 2.24) is 4.90 Å². The van der Waals surface area contributed by atoms with Crippen molar-refractivity contribution in [2.75, 3.05) is 49.6 Å². The van der Waals surface area contributed by atoms with Crippen molar-refractivity contribution in [3.8, 4) is 5.75 Å². The SMILES string of the molecule is COc1ccc(N2C[C@H](C(=O)N3CCN(c4ccccc4Cl)CC3)CC2=O)cc1. The fourth-order valence-corrected chi connectivity index (χ4v) is 4.27. The van der Waals surface area contributed by atoms with Gasteiger partial charge in [-0.2, -0.15) is 0 Å². The van der Waals surface area contributed by atoms with Crippen molar-refractivity contribution in [3.63, 3.8) is 0 Å². The molecule has 2 aromatic carbocycles. The first-order valence-electron chi connectivity index (χ1n) is 9.79. The Morgan fingerprint density at radius 3 is 2.38 bits per heavy atom. The van der Waals surface area contributed by atoms with Gasteiger partial charge in [0, 0.05) is 44.8 Å². The molecule has 152 valence electrons. The summed E-state index contributed by atoms with van der Waals surface area (Å²) >= 11 is 6.30. The van der Waals surface area contributed by atoms with Gasteiger partial charge in [0.1, 0.15) is 5.75 Å². The lowest BCUT2D eigenvalue weighted by Gasteiger charge is -2.37. The molecule has 6 nitrogen and oxygen atoms in total. The van der Waals surface area contributed by atoms with Crippen LogP contribution in [0.4, 0.5) is 11.4 Å². The number of para-hydroxylation sites is 1. The number of ether oxygens (including phenoxy) is 1. The first-order chi connectivity index (χ1) is 14.1. The van der Waals surface area contributed by atoms with Crippen molar-refractivity contribution >= 4 is 34.8 Å². The molecule has 2 amide bonds. The standard InChI is InChI=1S/C22H24ClN3O3/c1-29-18-8-6-17(7-9-18)26-15-16(14-21(26)27)22(28)25-12-10-24(11-13-25)20-5-3-2-4-19(20)23/h2-9,16H,10-15H2,1H3/t16-/m1/s1. The largest absolute Gasteiger partial charge is 0.497 e. The van der Waals surface area contributed by atoms with E-state index in [1.807, 2.05) is 53.4 Å². The molecule has 2 aliphatic heterocycles. The van der Waals surface area contributed by atoms with E-state index in [1.165, 1.54) is 0 Å². The predicted octanol–water partition coefficient (Wildman–Crippen LogP) is 3.05. The van der Waals surface area contributed by atoms with Crippen LogP contribution in [0.5, 0.6) is 5.75 Å². The number of hydrogen-bond donors (Lipinski definition) is 0. The molecule has 1 atom stereocenters. The zero-order valence-electron chi connectivity index (χ0n) is 16.4. The summed E-state index contributed by atoms with van der Waals surface area (Å²) in [6.07, 6.45) is 0.260. The molecule has 2 aliphatic rings. The molecule has 2 fully saturated rings. The number of benzene rings is 2. The molecule has 0 bridgehead atoms. The van der Waals surface area contributed by atoms with E-state index < -0.39 is 0 Å². The van der Waals surface area contributed by atoms with E-state index >= 15 is 0 Å². The van der Waals surface area contributed by atoms with Gasteiger partial charge in [-0.15, -0.1) is 0 Å². The van der Waals surface area contributed by atoms with Crippen LogP contribution in [0.3, 0.4) is 0 Å². The fraction of sp³-hybridized carbons (Fsp3) is 0.364. The third-order valence-electron chi connectivity index (χ3n) is 5.64. The summed E-state index contributed by atoms with van der Waals surface area (Å²) in [5.74, 6) is 0.497. The highest BCUT2D eigenvalue weighted by Gasteiger charge is 2.38. The maximum absolute atomic E-state index is 13.0. The van der Waals surface area contributed by atoms with E-state index in [0.29, 0.717) is 19.6 Å².